The van der Waals surface area contributed by atoms with Crippen molar-refractivity contribution in [1.82, 2.24) is 9.97 Å². The van der Waals surface area contributed by atoms with Crippen molar-refractivity contribution in [3.63, 3.8) is 0 Å². The highest BCUT2D eigenvalue weighted by molar-refractivity contribution is 7.36. The van der Waals surface area contributed by atoms with Gasteiger partial charge < -0.3 is 4.42 Å². The minimum atomic E-state index is 0.705. The number of benzene rings is 6. The van der Waals surface area contributed by atoms with E-state index in [1.807, 2.05) is 53.3 Å². The summed E-state index contributed by atoms with van der Waals surface area (Å²) in [5.41, 5.74) is 5.02. The predicted octanol–water partition coefficient (Wildman–Crippen LogP) is 12.1. The smallest absolute Gasteiger partial charge is 0.159 e. The second kappa shape index (κ2) is 9.57. The lowest BCUT2D eigenvalue weighted by Gasteiger charge is -2.06. The first-order valence-electron chi connectivity index (χ1n) is 14.9. The summed E-state index contributed by atoms with van der Waals surface area (Å²) in [5.74, 6) is 1.56. The van der Waals surface area contributed by atoms with Gasteiger partial charge in [0.25, 0.3) is 0 Å². The van der Waals surface area contributed by atoms with Crippen molar-refractivity contribution < 1.29 is 4.42 Å². The van der Waals surface area contributed by atoms with Crippen LogP contribution in [0.3, 0.4) is 0 Å². The predicted molar refractivity (Wildman–Crippen MR) is 191 cm³/mol. The number of furan rings is 1. The number of nitrogens with zero attached hydrogens (tertiary/aromatic N) is 2. The fraction of sp³-hybridized carbons (Fsp3) is 0. The Bertz CT molecular complexity index is 2720. The highest BCUT2D eigenvalue weighted by Crippen LogP contribution is 2.46. The van der Waals surface area contributed by atoms with Gasteiger partial charge in [-0.15, -0.1) is 22.7 Å². The largest absolute Gasteiger partial charge is 0.456 e. The number of hydrogen-bond acceptors (Lipinski definition) is 5. The molecule has 10 rings (SSSR count). The van der Waals surface area contributed by atoms with E-state index in [0.29, 0.717) is 5.82 Å². The van der Waals surface area contributed by atoms with Gasteiger partial charge in [-0.3, -0.25) is 0 Å². The molecule has 0 atom stereocenters. The Morgan fingerprint density at radius 2 is 1.02 bits per heavy atom. The maximum absolute atomic E-state index is 6.03. The molecule has 0 spiro atoms. The van der Waals surface area contributed by atoms with Crippen LogP contribution >= 0.6 is 22.7 Å². The fourth-order valence-corrected chi connectivity index (χ4v) is 9.10. The summed E-state index contributed by atoms with van der Waals surface area (Å²) in [6, 6.07) is 43.1. The monoisotopic (exact) mass is 610 g/mol. The van der Waals surface area contributed by atoms with Gasteiger partial charge in [-0.25, -0.2) is 9.97 Å². The summed E-state index contributed by atoms with van der Waals surface area (Å²) in [5, 5.41) is 8.89. The summed E-state index contributed by atoms with van der Waals surface area (Å²) < 4.78 is 11.5. The second-order valence-corrected chi connectivity index (χ2v) is 13.6. The van der Waals surface area contributed by atoms with Gasteiger partial charge in [0.15, 0.2) is 5.82 Å². The second-order valence-electron chi connectivity index (χ2n) is 11.5. The number of aromatic nitrogens is 2. The standard InChI is InChI=1S/C40H22N2OS2/c1-2-6-26-19-36-32(16-25(26)5-1)38-39(44-36)33-17-28-14-13-27(15-30(28)20-37(33)45-38)31-21-41-40(42-22-31)24-11-9-23(10-12-24)35-18-29-7-3-4-8-34(29)43-35/h1-22H. The normalized spacial score (nSPS) is 12.0. The van der Waals surface area contributed by atoms with Crippen LogP contribution in [-0.4, -0.2) is 9.97 Å². The van der Waals surface area contributed by atoms with Gasteiger partial charge in [0.1, 0.15) is 11.3 Å². The SMILES string of the molecule is c1ccc2cc3c(cc2c1)sc1c2cc4ccc(-c5cnc(-c6ccc(-c7cc8ccccc8o7)cc6)nc5)cc4cc2sc31. The molecular weight excluding hydrogens is 589 g/mol. The molecule has 6 aromatic carbocycles. The van der Waals surface area contributed by atoms with Gasteiger partial charge in [-0.05, 0) is 69.6 Å². The van der Waals surface area contributed by atoms with Gasteiger partial charge in [0, 0.05) is 54.6 Å². The molecule has 0 unspecified atom stereocenters. The molecule has 0 radical (unpaired) electrons. The van der Waals surface area contributed by atoms with E-state index >= 15 is 0 Å². The quantitative estimate of drug-likeness (QED) is 0.200. The molecule has 0 aliphatic carbocycles. The molecule has 0 aliphatic heterocycles. The fourth-order valence-electron chi connectivity index (χ4n) is 6.40. The van der Waals surface area contributed by atoms with E-state index < -0.39 is 0 Å². The van der Waals surface area contributed by atoms with Crippen LogP contribution in [0, 0.1) is 0 Å². The topological polar surface area (TPSA) is 38.9 Å². The van der Waals surface area contributed by atoms with Crippen LogP contribution in [0.5, 0.6) is 0 Å². The zero-order chi connectivity index (χ0) is 29.5. The van der Waals surface area contributed by atoms with Crippen LogP contribution in [0.1, 0.15) is 0 Å². The molecule has 0 saturated heterocycles. The zero-order valence-corrected chi connectivity index (χ0v) is 25.5. The molecule has 10 aromatic rings. The van der Waals surface area contributed by atoms with Crippen molar-refractivity contribution in [3.05, 3.63) is 134 Å². The Kier molecular flexibility index (Phi) is 5.32. The summed E-state index contributed by atoms with van der Waals surface area (Å²) in [6.45, 7) is 0. The van der Waals surface area contributed by atoms with Crippen molar-refractivity contribution in [2.45, 2.75) is 0 Å². The first-order valence-corrected chi connectivity index (χ1v) is 16.5. The molecule has 45 heavy (non-hydrogen) atoms. The van der Waals surface area contributed by atoms with Gasteiger partial charge in [0.05, 0.1) is 9.40 Å². The molecular formula is C40H22N2OS2. The third kappa shape index (κ3) is 4.02. The van der Waals surface area contributed by atoms with Crippen LogP contribution in [-0.2, 0) is 0 Å². The minimum absolute atomic E-state index is 0.705. The van der Waals surface area contributed by atoms with Crippen molar-refractivity contribution in [2.75, 3.05) is 0 Å². The third-order valence-corrected chi connectivity index (χ3v) is 11.2. The van der Waals surface area contributed by atoms with Crippen molar-refractivity contribution >= 4 is 84.8 Å². The van der Waals surface area contributed by atoms with Gasteiger partial charge in [-0.1, -0.05) is 78.9 Å². The van der Waals surface area contributed by atoms with E-state index in [1.165, 1.54) is 51.1 Å². The Balaban J connectivity index is 0.972. The molecule has 3 nitrogen and oxygen atoms in total. The summed E-state index contributed by atoms with van der Waals surface area (Å²) >= 11 is 3.81. The lowest BCUT2D eigenvalue weighted by atomic mass is 10.0. The number of thiophene rings is 2. The lowest BCUT2D eigenvalue weighted by Crippen LogP contribution is -1.90. The first kappa shape index (κ1) is 25.0. The number of rotatable bonds is 3. The Morgan fingerprint density at radius 3 is 1.73 bits per heavy atom. The highest BCUT2D eigenvalue weighted by Gasteiger charge is 2.15. The molecule has 4 heterocycles. The average molecular weight is 611 g/mol. The summed E-state index contributed by atoms with van der Waals surface area (Å²) in [4.78, 5) is 9.47. The van der Waals surface area contributed by atoms with E-state index in [9.17, 15) is 0 Å². The summed E-state index contributed by atoms with van der Waals surface area (Å²) in [6.07, 6.45) is 3.85. The molecule has 0 amide bonds. The van der Waals surface area contributed by atoms with E-state index in [2.05, 4.69) is 103 Å². The number of para-hydroxylation sites is 1. The van der Waals surface area contributed by atoms with E-state index in [4.69, 9.17) is 14.4 Å². The van der Waals surface area contributed by atoms with Crippen molar-refractivity contribution in [3.8, 4) is 33.8 Å². The Morgan fingerprint density at radius 1 is 0.444 bits per heavy atom. The van der Waals surface area contributed by atoms with Crippen LogP contribution in [0.4, 0.5) is 0 Å². The molecule has 0 bridgehead atoms. The van der Waals surface area contributed by atoms with Crippen LogP contribution in [0.15, 0.2) is 138 Å². The zero-order valence-electron chi connectivity index (χ0n) is 23.8. The van der Waals surface area contributed by atoms with E-state index in [1.54, 1.807) is 0 Å². The Hall–Kier alpha value is -5.36. The molecule has 4 aromatic heterocycles. The average Bonchev–Trinajstić information content (AvgIpc) is 3.78. The maximum atomic E-state index is 6.03. The maximum Gasteiger partial charge on any atom is 0.159 e. The van der Waals surface area contributed by atoms with Crippen LogP contribution in [0.25, 0.3) is 95.9 Å². The van der Waals surface area contributed by atoms with Gasteiger partial charge >= 0.3 is 0 Å². The van der Waals surface area contributed by atoms with E-state index in [-0.39, 0.29) is 0 Å². The summed E-state index contributed by atoms with van der Waals surface area (Å²) in [7, 11) is 0. The molecule has 0 fully saturated rings. The highest BCUT2D eigenvalue weighted by atomic mass is 32.1. The molecule has 0 N–H and O–H groups in total. The molecule has 0 saturated carbocycles. The lowest BCUT2D eigenvalue weighted by molar-refractivity contribution is 0.631. The van der Waals surface area contributed by atoms with Crippen LogP contribution < -0.4 is 0 Å². The molecule has 210 valence electrons. The van der Waals surface area contributed by atoms with Gasteiger partial charge in [-0.2, -0.15) is 0 Å². The van der Waals surface area contributed by atoms with Gasteiger partial charge in [0.2, 0.25) is 0 Å². The minimum Gasteiger partial charge on any atom is -0.456 e. The third-order valence-electron chi connectivity index (χ3n) is 8.74. The van der Waals surface area contributed by atoms with E-state index in [0.717, 1.165) is 39.0 Å². The number of hydrogen-bond donors (Lipinski definition) is 0. The number of fused-ring (bicyclic) bond motifs is 8. The molecule has 0 aliphatic rings. The van der Waals surface area contributed by atoms with Crippen molar-refractivity contribution in [1.29, 1.82) is 0 Å². The Labute approximate surface area is 265 Å². The van der Waals surface area contributed by atoms with Crippen molar-refractivity contribution in [2.24, 2.45) is 0 Å². The molecule has 5 heteroatoms. The first-order chi connectivity index (χ1) is 22.2. The van der Waals surface area contributed by atoms with Crippen LogP contribution in [0.2, 0.25) is 0 Å².